The second-order valence-electron chi connectivity index (χ2n) is 7.65. The number of carbonyl (C=O) groups excluding carboxylic acids is 3. The van der Waals surface area contributed by atoms with E-state index in [0.29, 0.717) is 34.0 Å². The van der Waals surface area contributed by atoms with Gasteiger partial charge in [0.25, 0.3) is 5.91 Å². The van der Waals surface area contributed by atoms with Gasteiger partial charge in [0.15, 0.2) is 0 Å². The number of amides is 1. The second kappa shape index (κ2) is 11.0. The number of carbonyl (C=O) groups is 3. The number of ketones is 1. The molecule has 0 saturated heterocycles. The van der Waals surface area contributed by atoms with E-state index in [9.17, 15) is 19.6 Å². The zero-order chi connectivity index (χ0) is 25.5. The monoisotopic (exact) mass is 471 g/mol. The number of esters is 1. The molecule has 3 rings (SSSR count). The number of nitrogens with zero attached hydrogens (tertiary/aromatic N) is 1. The van der Waals surface area contributed by atoms with Crippen LogP contribution in [-0.4, -0.2) is 36.4 Å². The molecule has 0 aliphatic heterocycles. The minimum absolute atomic E-state index is 0.109. The fraction of sp³-hybridized carbons (Fsp3) is 0.185. The maximum absolute atomic E-state index is 13.2. The average Bonchev–Trinajstić information content (AvgIpc) is 3.16. The fourth-order valence-electron chi connectivity index (χ4n) is 3.63. The van der Waals surface area contributed by atoms with E-state index >= 15 is 0 Å². The van der Waals surface area contributed by atoms with E-state index in [2.05, 4.69) is 10.3 Å². The Balaban J connectivity index is 1.88. The number of anilines is 1. The fourth-order valence-corrected chi connectivity index (χ4v) is 3.63. The number of aromatic nitrogens is 1. The highest BCUT2D eigenvalue weighted by Gasteiger charge is 2.27. The SMILES string of the molecule is CCOC(=O)c1c(C)[nH]c(C)c1C(=O)/C(C#N)=C/c1cccc(NC(=O)c2ccc(OC)cc2)c1. The van der Waals surface area contributed by atoms with Crippen LogP contribution in [0.1, 0.15) is 54.9 Å². The Hall–Kier alpha value is -4.64. The van der Waals surface area contributed by atoms with Crippen LogP contribution in [0.3, 0.4) is 0 Å². The van der Waals surface area contributed by atoms with E-state index in [1.807, 2.05) is 6.07 Å². The first kappa shape index (κ1) is 25.0. The summed E-state index contributed by atoms with van der Waals surface area (Å²) in [4.78, 5) is 41.2. The number of ether oxygens (including phenoxy) is 2. The van der Waals surface area contributed by atoms with E-state index in [-0.39, 0.29) is 29.2 Å². The van der Waals surface area contributed by atoms with Crippen molar-refractivity contribution >= 4 is 29.4 Å². The molecule has 1 heterocycles. The summed E-state index contributed by atoms with van der Waals surface area (Å²) in [7, 11) is 1.55. The van der Waals surface area contributed by atoms with Crippen molar-refractivity contribution in [1.82, 2.24) is 4.98 Å². The molecule has 0 radical (unpaired) electrons. The van der Waals surface area contributed by atoms with Crippen LogP contribution >= 0.6 is 0 Å². The lowest BCUT2D eigenvalue weighted by molar-refractivity contribution is 0.0523. The average molecular weight is 472 g/mol. The Labute approximate surface area is 203 Å². The molecule has 0 bridgehead atoms. The van der Waals surface area contributed by atoms with Crippen molar-refractivity contribution < 1.29 is 23.9 Å². The molecule has 0 saturated carbocycles. The number of aryl methyl sites for hydroxylation is 2. The molecule has 0 fully saturated rings. The van der Waals surface area contributed by atoms with Crippen molar-refractivity contribution in [3.05, 3.63) is 87.7 Å². The molecule has 8 heteroatoms. The lowest BCUT2D eigenvalue weighted by Gasteiger charge is -2.08. The number of H-pyrrole nitrogens is 1. The third-order valence-corrected chi connectivity index (χ3v) is 5.25. The highest BCUT2D eigenvalue weighted by atomic mass is 16.5. The topological polar surface area (TPSA) is 121 Å². The van der Waals surface area contributed by atoms with Gasteiger partial charge in [-0.1, -0.05) is 12.1 Å². The summed E-state index contributed by atoms with van der Waals surface area (Å²) in [5.74, 6) is -0.896. The molecular weight excluding hydrogens is 446 g/mol. The van der Waals surface area contributed by atoms with Gasteiger partial charge in [-0.2, -0.15) is 5.26 Å². The van der Waals surface area contributed by atoms with Gasteiger partial charge in [-0.15, -0.1) is 0 Å². The molecule has 1 amide bonds. The summed E-state index contributed by atoms with van der Waals surface area (Å²) < 4.78 is 10.2. The number of hydrogen-bond acceptors (Lipinski definition) is 6. The molecular formula is C27H25N3O5. The molecule has 2 aromatic carbocycles. The molecule has 178 valence electrons. The number of methoxy groups -OCH3 is 1. The van der Waals surface area contributed by atoms with Crippen LogP contribution < -0.4 is 10.1 Å². The van der Waals surface area contributed by atoms with Gasteiger partial charge in [0.1, 0.15) is 17.4 Å². The maximum atomic E-state index is 13.2. The van der Waals surface area contributed by atoms with Gasteiger partial charge < -0.3 is 19.8 Å². The van der Waals surface area contributed by atoms with E-state index in [1.165, 1.54) is 6.08 Å². The normalized spacial score (nSPS) is 10.9. The Morgan fingerprint density at radius 1 is 1.06 bits per heavy atom. The van der Waals surface area contributed by atoms with Gasteiger partial charge in [0.2, 0.25) is 5.78 Å². The third kappa shape index (κ3) is 5.65. The third-order valence-electron chi connectivity index (χ3n) is 5.25. The second-order valence-corrected chi connectivity index (χ2v) is 7.65. The summed E-state index contributed by atoms with van der Waals surface area (Å²) in [6.45, 7) is 5.16. The summed E-state index contributed by atoms with van der Waals surface area (Å²) in [6.07, 6.45) is 1.42. The molecule has 1 aromatic heterocycles. The van der Waals surface area contributed by atoms with Crippen molar-refractivity contribution in [2.45, 2.75) is 20.8 Å². The number of aromatic amines is 1. The standard InChI is InChI=1S/C27H25N3O5/c1-5-35-27(33)24-17(3)29-16(2)23(24)25(31)20(15-28)13-18-7-6-8-21(14-18)30-26(32)19-9-11-22(34-4)12-10-19/h6-14,29H,5H2,1-4H3,(H,30,32)/b20-13+. The van der Waals surface area contributed by atoms with Gasteiger partial charge in [-0.3, -0.25) is 9.59 Å². The molecule has 0 aliphatic carbocycles. The van der Waals surface area contributed by atoms with E-state index < -0.39 is 11.8 Å². The largest absolute Gasteiger partial charge is 0.497 e. The lowest BCUT2D eigenvalue weighted by atomic mass is 9.98. The first-order chi connectivity index (χ1) is 16.8. The summed E-state index contributed by atoms with van der Waals surface area (Å²) >= 11 is 0. The number of benzene rings is 2. The van der Waals surface area contributed by atoms with Crippen LogP contribution in [0.15, 0.2) is 54.1 Å². The quantitative estimate of drug-likeness (QED) is 0.209. The minimum Gasteiger partial charge on any atom is -0.497 e. The van der Waals surface area contributed by atoms with Crippen LogP contribution in [-0.2, 0) is 4.74 Å². The summed E-state index contributed by atoms with van der Waals surface area (Å²) in [6, 6.07) is 15.3. The number of nitrogens with one attached hydrogen (secondary N) is 2. The molecule has 35 heavy (non-hydrogen) atoms. The number of Topliss-reactive ketones (excluding diaryl/α,β-unsaturated/α-hetero) is 1. The molecule has 0 unspecified atom stereocenters. The van der Waals surface area contributed by atoms with Crippen LogP contribution in [0.2, 0.25) is 0 Å². The van der Waals surface area contributed by atoms with Gasteiger partial charge in [-0.25, -0.2) is 4.79 Å². The van der Waals surface area contributed by atoms with Crippen molar-refractivity contribution in [2.75, 3.05) is 19.0 Å². The van der Waals surface area contributed by atoms with E-state index in [0.717, 1.165) is 0 Å². The zero-order valence-electron chi connectivity index (χ0n) is 19.9. The van der Waals surface area contributed by atoms with Gasteiger partial charge >= 0.3 is 5.97 Å². The number of rotatable bonds is 8. The van der Waals surface area contributed by atoms with Crippen LogP contribution in [0, 0.1) is 25.2 Å². The van der Waals surface area contributed by atoms with Crippen LogP contribution in [0.5, 0.6) is 5.75 Å². The summed E-state index contributed by atoms with van der Waals surface area (Å²) in [5, 5.41) is 12.5. The molecule has 0 spiro atoms. The van der Waals surface area contributed by atoms with E-state index in [1.54, 1.807) is 76.4 Å². The minimum atomic E-state index is -0.627. The van der Waals surface area contributed by atoms with Crippen LogP contribution in [0.4, 0.5) is 5.69 Å². The predicted octanol–water partition coefficient (Wildman–Crippen LogP) is 4.86. The van der Waals surface area contributed by atoms with Crippen molar-refractivity contribution in [3.63, 3.8) is 0 Å². The van der Waals surface area contributed by atoms with Gasteiger partial charge in [0, 0.05) is 22.6 Å². The smallest absolute Gasteiger partial charge is 0.340 e. The zero-order valence-corrected chi connectivity index (χ0v) is 19.9. The molecule has 3 aromatic rings. The molecule has 2 N–H and O–H groups in total. The maximum Gasteiger partial charge on any atom is 0.340 e. The molecule has 0 atom stereocenters. The highest BCUT2D eigenvalue weighted by Crippen LogP contribution is 2.24. The Morgan fingerprint density at radius 2 is 1.74 bits per heavy atom. The van der Waals surface area contributed by atoms with Crippen molar-refractivity contribution in [1.29, 1.82) is 5.26 Å². The lowest BCUT2D eigenvalue weighted by Crippen LogP contribution is -2.13. The number of nitriles is 1. The first-order valence-electron chi connectivity index (χ1n) is 10.9. The Bertz CT molecular complexity index is 1340. The highest BCUT2D eigenvalue weighted by molar-refractivity contribution is 6.19. The van der Waals surface area contributed by atoms with E-state index in [4.69, 9.17) is 9.47 Å². The van der Waals surface area contributed by atoms with Gasteiger partial charge in [-0.05, 0) is 68.8 Å². The Kier molecular flexibility index (Phi) is 7.85. The summed E-state index contributed by atoms with van der Waals surface area (Å²) in [5.41, 5.74) is 2.51. The number of allylic oxidation sites excluding steroid dienone is 1. The number of hydrogen-bond donors (Lipinski definition) is 2. The van der Waals surface area contributed by atoms with Crippen molar-refractivity contribution in [2.24, 2.45) is 0 Å². The molecule has 8 nitrogen and oxygen atoms in total. The molecule has 0 aliphatic rings. The Morgan fingerprint density at radius 3 is 2.37 bits per heavy atom. The first-order valence-corrected chi connectivity index (χ1v) is 10.9. The predicted molar refractivity (Wildman–Crippen MR) is 132 cm³/mol. The van der Waals surface area contributed by atoms with Crippen molar-refractivity contribution in [3.8, 4) is 11.8 Å². The van der Waals surface area contributed by atoms with Crippen LogP contribution in [0.25, 0.3) is 6.08 Å². The van der Waals surface area contributed by atoms with Gasteiger partial charge in [0.05, 0.1) is 24.8 Å².